The zero-order chi connectivity index (χ0) is 12.8. The second-order valence-corrected chi connectivity index (χ2v) is 4.37. The third-order valence-corrected chi connectivity index (χ3v) is 2.31. The van der Waals surface area contributed by atoms with E-state index in [9.17, 15) is 4.79 Å². The van der Waals surface area contributed by atoms with Crippen LogP contribution in [0.4, 0.5) is 5.82 Å². The highest BCUT2D eigenvalue weighted by Crippen LogP contribution is 2.09. The predicted molar refractivity (Wildman–Crippen MR) is 66.5 cm³/mol. The highest BCUT2D eigenvalue weighted by atomic mass is 16.1. The van der Waals surface area contributed by atoms with Gasteiger partial charge in [-0.3, -0.25) is 4.79 Å². The van der Waals surface area contributed by atoms with E-state index in [1.807, 2.05) is 0 Å². The van der Waals surface area contributed by atoms with Crippen molar-refractivity contribution in [2.75, 3.05) is 11.9 Å². The second kappa shape index (κ2) is 6.15. The summed E-state index contributed by atoms with van der Waals surface area (Å²) >= 11 is 0. The fourth-order valence-electron chi connectivity index (χ4n) is 1.53. The van der Waals surface area contributed by atoms with Crippen LogP contribution in [-0.2, 0) is 0 Å². The number of amides is 1. The Morgan fingerprint density at radius 3 is 2.53 bits per heavy atom. The van der Waals surface area contributed by atoms with Gasteiger partial charge in [0.2, 0.25) is 0 Å². The Hall–Kier alpha value is -1.69. The Morgan fingerprint density at radius 1 is 1.41 bits per heavy atom. The van der Waals surface area contributed by atoms with Crippen LogP contribution in [0.2, 0.25) is 0 Å². The van der Waals surface area contributed by atoms with E-state index >= 15 is 0 Å². The van der Waals surface area contributed by atoms with Gasteiger partial charge in [0, 0.05) is 12.6 Å². The number of nitrogens with one attached hydrogen (secondary N) is 1. The Kier molecular flexibility index (Phi) is 4.84. The van der Waals surface area contributed by atoms with Gasteiger partial charge in [0.1, 0.15) is 5.82 Å². The summed E-state index contributed by atoms with van der Waals surface area (Å²) < 4.78 is 0. The van der Waals surface area contributed by atoms with Crippen molar-refractivity contribution in [1.82, 2.24) is 10.2 Å². The lowest BCUT2D eigenvalue weighted by Crippen LogP contribution is -2.30. The summed E-state index contributed by atoms with van der Waals surface area (Å²) in [4.78, 5) is 10.8. The third kappa shape index (κ3) is 4.36. The van der Waals surface area contributed by atoms with E-state index in [0.29, 0.717) is 18.3 Å². The van der Waals surface area contributed by atoms with Gasteiger partial charge in [0.25, 0.3) is 5.91 Å². The van der Waals surface area contributed by atoms with Crippen LogP contribution in [0, 0.1) is 5.92 Å². The zero-order valence-corrected chi connectivity index (χ0v) is 10.2. The maximum Gasteiger partial charge on any atom is 0.269 e. The topological polar surface area (TPSA) is 107 Å². The van der Waals surface area contributed by atoms with Crippen molar-refractivity contribution in [2.24, 2.45) is 17.4 Å². The first-order valence-electron chi connectivity index (χ1n) is 5.63. The number of anilines is 1. The minimum absolute atomic E-state index is 0.156. The number of nitrogens with zero attached hydrogens (tertiary/aromatic N) is 2. The van der Waals surface area contributed by atoms with Crippen LogP contribution in [0.5, 0.6) is 0 Å². The first-order valence-corrected chi connectivity index (χ1v) is 5.63. The number of nitrogens with two attached hydrogens (primary N) is 2. The second-order valence-electron chi connectivity index (χ2n) is 4.37. The Balaban J connectivity index is 2.64. The van der Waals surface area contributed by atoms with Gasteiger partial charge in [0.05, 0.1) is 0 Å². The molecule has 0 aliphatic rings. The molecule has 0 spiro atoms. The lowest BCUT2D eigenvalue weighted by atomic mass is 10.0. The van der Waals surface area contributed by atoms with Crippen LogP contribution in [0.15, 0.2) is 12.1 Å². The maximum atomic E-state index is 10.8. The molecule has 1 atom stereocenters. The molecule has 0 saturated carbocycles. The third-order valence-electron chi connectivity index (χ3n) is 2.31. The molecule has 17 heavy (non-hydrogen) atoms. The lowest BCUT2D eigenvalue weighted by Gasteiger charge is -2.18. The van der Waals surface area contributed by atoms with E-state index in [2.05, 4.69) is 29.4 Å². The van der Waals surface area contributed by atoms with Gasteiger partial charge < -0.3 is 16.8 Å². The Labute approximate surface area is 101 Å². The largest absolute Gasteiger partial charge is 0.365 e. The number of primary amides is 1. The molecule has 0 bridgehead atoms. The summed E-state index contributed by atoms with van der Waals surface area (Å²) in [5.41, 5.74) is 10.9. The zero-order valence-electron chi connectivity index (χ0n) is 10.2. The first-order chi connectivity index (χ1) is 8.02. The lowest BCUT2D eigenvalue weighted by molar-refractivity contribution is 0.0994. The molecule has 1 aromatic heterocycles. The normalized spacial score (nSPS) is 12.5. The summed E-state index contributed by atoms with van der Waals surface area (Å²) in [6.45, 7) is 4.79. The van der Waals surface area contributed by atoms with Crippen LogP contribution in [0.25, 0.3) is 0 Å². The highest BCUT2D eigenvalue weighted by Gasteiger charge is 2.10. The molecule has 6 nitrogen and oxygen atoms in total. The summed E-state index contributed by atoms with van der Waals surface area (Å²) in [6, 6.07) is 3.38. The van der Waals surface area contributed by atoms with Gasteiger partial charge in [-0.05, 0) is 24.5 Å². The average Bonchev–Trinajstić information content (AvgIpc) is 2.28. The van der Waals surface area contributed by atoms with Crippen molar-refractivity contribution in [3.8, 4) is 0 Å². The van der Waals surface area contributed by atoms with E-state index in [0.717, 1.165) is 6.42 Å². The number of rotatable bonds is 6. The smallest absolute Gasteiger partial charge is 0.269 e. The van der Waals surface area contributed by atoms with Crippen LogP contribution in [-0.4, -0.2) is 28.7 Å². The first kappa shape index (κ1) is 13.4. The van der Waals surface area contributed by atoms with Gasteiger partial charge in [-0.2, -0.15) is 0 Å². The van der Waals surface area contributed by atoms with Crippen molar-refractivity contribution >= 4 is 11.7 Å². The van der Waals surface area contributed by atoms with E-state index in [-0.39, 0.29) is 11.7 Å². The summed E-state index contributed by atoms with van der Waals surface area (Å²) in [5.74, 6) is 0.571. The summed E-state index contributed by atoms with van der Waals surface area (Å²) in [6.07, 6.45) is 0.954. The molecular formula is C11H19N5O. The van der Waals surface area contributed by atoms with Crippen molar-refractivity contribution in [1.29, 1.82) is 0 Å². The Morgan fingerprint density at radius 2 is 2.12 bits per heavy atom. The quantitative estimate of drug-likeness (QED) is 0.662. The average molecular weight is 237 g/mol. The number of carbonyl (C=O) groups is 1. The van der Waals surface area contributed by atoms with Crippen LogP contribution in [0.1, 0.15) is 30.8 Å². The number of carbonyl (C=O) groups excluding carboxylic acids is 1. The predicted octanol–water partition coefficient (Wildman–Crippen LogP) is 0.361. The molecule has 1 heterocycles. The molecular weight excluding hydrogens is 218 g/mol. The van der Waals surface area contributed by atoms with Gasteiger partial charge in [0.15, 0.2) is 5.69 Å². The summed E-state index contributed by atoms with van der Waals surface area (Å²) in [5, 5.41) is 10.8. The van der Waals surface area contributed by atoms with Crippen LogP contribution >= 0.6 is 0 Å². The van der Waals surface area contributed by atoms with E-state index in [1.165, 1.54) is 0 Å². The van der Waals surface area contributed by atoms with E-state index in [4.69, 9.17) is 11.5 Å². The molecule has 0 fully saturated rings. The van der Waals surface area contributed by atoms with Crippen molar-refractivity contribution in [3.05, 3.63) is 17.8 Å². The molecule has 5 N–H and O–H groups in total. The highest BCUT2D eigenvalue weighted by molar-refractivity contribution is 5.90. The van der Waals surface area contributed by atoms with Crippen molar-refractivity contribution < 1.29 is 4.79 Å². The maximum absolute atomic E-state index is 10.8. The SMILES string of the molecule is CC(C)CC(CN)Nc1ccc(C(N)=O)nn1. The molecule has 6 heteroatoms. The van der Waals surface area contributed by atoms with Gasteiger partial charge in [-0.1, -0.05) is 13.8 Å². The molecule has 0 radical (unpaired) electrons. The van der Waals surface area contributed by atoms with Gasteiger partial charge in [-0.25, -0.2) is 0 Å². The van der Waals surface area contributed by atoms with Crippen molar-refractivity contribution in [2.45, 2.75) is 26.3 Å². The number of hydrogen-bond acceptors (Lipinski definition) is 5. The van der Waals surface area contributed by atoms with E-state index < -0.39 is 5.91 Å². The van der Waals surface area contributed by atoms with Crippen LogP contribution < -0.4 is 16.8 Å². The van der Waals surface area contributed by atoms with Crippen LogP contribution in [0.3, 0.4) is 0 Å². The fraction of sp³-hybridized carbons (Fsp3) is 0.545. The summed E-state index contributed by atoms with van der Waals surface area (Å²) in [7, 11) is 0. The monoisotopic (exact) mass is 237 g/mol. The molecule has 0 aliphatic heterocycles. The van der Waals surface area contributed by atoms with E-state index in [1.54, 1.807) is 12.1 Å². The molecule has 1 rings (SSSR count). The standard InChI is InChI=1S/C11H19N5O/c1-7(2)5-8(6-12)14-10-4-3-9(11(13)17)15-16-10/h3-4,7-8H,5-6,12H2,1-2H3,(H2,13,17)(H,14,16). The van der Waals surface area contributed by atoms with Gasteiger partial charge >= 0.3 is 0 Å². The molecule has 0 aromatic carbocycles. The molecule has 1 unspecified atom stereocenters. The molecule has 94 valence electrons. The minimum Gasteiger partial charge on any atom is -0.365 e. The molecule has 1 amide bonds. The Bertz CT molecular complexity index is 363. The molecule has 0 saturated heterocycles. The molecule has 0 aliphatic carbocycles. The fourth-order valence-corrected chi connectivity index (χ4v) is 1.53. The number of hydrogen-bond donors (Lipinski definition) is 3. The molecule has 1 aromatic rings. The van der Waals surface area contributed by atoms with Crippen molar-refractivity contribution in [3.63, 3.8) is 0 Å². The number of aromatic nitrogens is 2. The minimum atomic E-state index is -0.582. The van der Waals surface area contributed by atoms with Gasteiger partial charge in [-0.15, -0.1) is 10.2 Å².